The van der Waals surface area contributed by atoms with Gasteiger partial charge in [-0.25, -0.2) is 18.4 Å². The van der Waals surface area contributed by atoms with Crippen LogP contribution in [0.2, 0.25) is 5.02 Å². The highest BCUT2D eigenvalue weighted by molar-refractivity contribution is 7.89. The summed E-state index contributed by atoms with van der Waals surface area (Å²) in [5.74, 6) is -1.53. The van der Waals surface area contributed by atoms with E-state index >= 15 is 0 Å². The largest absolute Gasteiger partial charge is 0.448 e. The smallest absolute Gasteiger partial charge is 0.356 e. The zero-order valence-corrected chi connectivity index (χ0v) is 21.3. The zero-order valence-electron chi connectivity index (χ0n) is 19.8. The Morgan fingerprint density at radius 1 is 0.973 bits per heavy atom. The lowest BCUT2D eigenvalue weighted by molar-refractivity contribution is -0.123. The molecule has 0 spiro atoms. The number of esters is 1. The van der Waals surface area contributed by atoms with Gasteiger partial charge in [0.05, 0.1) is 4.90 Å². The van der Waals surface area contributed by atoms with Crippen molar-refractivity contribution in [1.82, 2.24) is 4.57 Å². The number of hydrogen-bond donors (Lipinski definition) is 2. The molecule has 0 saturated heterocycles. The number of anilines is 1. The van der Waals surface area contributed by atoms with Gasteiger partial charge in [0, 0.05) is 28.7 Å². The molecular weight excluding hydrogens is 518 g/mol. The van der Waals surface area contributed by atoms with Crippen LogP contribution in [0.15, 0.2) is 82.5 Å². The summed E-state index contributed by atoms with van der Waals surface area (Å²) in [5, 5.41) is 9.10. The van der Waals surface area contributed by atoms with Gasteiger partial charge in [-0.3, -0.25) is 9.59 Å². The van der Waals surface area contributed by atoms with Crippen LogP contribution in [0.3, 0.4) is 0 Å². The minimum Gasteiger partial charge on any atom is -0.448 e. The van der Waals surface area contributed by atoms with Crippen LogP contribution in [0.4, 0.5) is 5.69 Å². The third-order valence-corrected chi connectivity index (χ3v) is 6.91. The van der Waals surface area contributed by atoms with Crippen molar-refractivity contribution >= 4 is 50.0 Å². The Balaban J connectivity index is 1.67. The Morgan fingerprint density at radius 2 is 1.57 bits per heavy atom. The fourth-order valence-electron chi connectivity index (χ4n) is 3.85. The molecule has 0 bridgehead atoms. The maximum atomic E-state index is 13.4. The highest BCUT2D eigenvalue weighted by atomic mass is 35.5. The predicted molar refractivity (Wildman–Crippen MR) is 141 cm³/mol. The summed E-state index contributed by atoms with van der Waals surface area (Å²) in [6.07, 6.45) is -1.25. The first-order valence-electron chi connectivity index (χ1n) is 11.0. The number of halogens is 1. The lowest BCUT2D eigenvalue weighted by Crippen LogP contribution is -2.33. The van der Waals surface area contributed by atoms with Crippen LogP contribution < -0.4 is 16.0 Å². The number of nitrogens with zero attached hydrogens (tertiary/aromatic N) is 1. The summed E-state index contributed by atoms with van der Waals surface area (Å²) >= 11 is 6.05. The molecule has 190 valence electrons. The van der Waals surface area contributed by atoms with E-state index < -0.39 is 33.6 Å². The Hall–Kier alpha value is -3.99. The van der Waals surface area contributed by atoms with Gasteiger partial charge >= 0.3 is 5.97 Å². The van der Waals surface area contributed by atoms with E-state index in [2.05, 4.69) is 5.32 Å². The Labute approximate surface area is 217 Å². The molecule has 3 aromatic carbocycles. The van der Waals surface area contributed by atoms with Gasteiger partial charge in [-0.2, -0.15) is 0 Å². The van der Waals surface area contributed by atoms with Crippen molar-refractivity contribution < 1.29 is 22.7 Å². The van der Waals surface area contributed by atoms with Crippen molar-refractivity contribution in [1.29, 1.82) is 0 Å². The molecule has 11 heteroatoms. The van der Waals surface area contributed by atoms with E-state index in [9.17, 15) is 22.8 Å². The van der Waals surface area contributed by atoms with Crippen molar-refractivity contribution in [2.24, 2.45) is 12.2 Å². The Morgan fingerprint density at radius 3 is 2.16 bits per heavy atom. The van der Waals surface area contributed by atoms with Crippen molar-refractivity contribution in [2.45, 2.75) is 17.9 Å². The van der Waals surface area contributed by atoms with Crippen LogP contribution in [-0.2, 0) is 26.6 Å². The number of pyridine rings is 1. The SMILES string of the molecule is CC(OC(=O)c1c(-c2ccc(Cl)cc2)c2ccccc2c(=O)n1C)C(=O)Nc1ccc(S(N)(=O)=O)cc1. The van der Waals surface area contributed by atoms with E-state index in [0.717, 1.165) is 0 Å². The van der Waals surface area contributed by atoms with Crippen LogP contribution in [0.1, 0.15) is 17.4 Å². The summed E-state index contributed by atoms with van der Waals surface area (Å²) < 4.78 is 29.5. The van der Waals surface area contributed by atoms with Crippen LogP contribution >= 0.6 is 11.6 Å². The zero-order chi connectivity index (χ0) is 26.9. The molecule has 0 aliphatic rings. The number of nitrogens with one attached hydrogen (secondary N) is 1. The van der Waals surface area contributed by atoms with Gasteiger partial charge in [-0.15, -0.1) is 0 Å². The van der Waals surface area contributed by atoms with Crippen molar-refractivity contribution in [3.05, 3.63) is 93.9 Å². The Kier molecular flexibility index (Phi) is 7.17. The summed E-state index contributed by atoms with van der Waals surface area (Å²) in [7, 11) is -2.42. The van der Waals surface area contributed by atoms with E-state index in [1.165, 1.54) is 42.8 Å². The van der Waals surface area contributed by atoms with Crippen LogP contribution in [0.25, 0.3) is 21.9 Å². The highest BCUT2D eigenvalue weighted by Crippen LogP contribution is 2.32. The van der Waals surface area contributed by atoms with Gasteiger partial charge in [-0.1, -0.05) is 41.9 Å². The molecule has 37 heavy (non-hydrogen) atoms. The number of aromatic nitrogens is 1. The number of hydrogen-bond acceptors (Lipinski definition) is 6. The van der Waals surface area contributed by atoms with Crippen molar-refractivity contribution in [3.63, 3.8) is 0 Å². The van der Waals surface area contributed by atoms with E-state index in [1.807, 2.05) is 0 Å². The van der Waals surface area contributed by atoms with E-state index in [-0.39, 0.29) is 16.3 Å². The molecule has 1 unspecified atom stereocenters. The van der Waals surface area contributed by atoms with Gasteiger partial charge in [0.15, 0.2) is 6.10 Å². The van der Waals surface area contributed by atoms with Crippen LogP contribution in [0, 0.1) is 0 Å². The number of carbonyl (C=O) groups excluding carboxylic acids is 2. The average Bonchev–Trinajstić information content (AvgIpc) is 2.86. The molecule has 4 aromatic rings. The number of carbonyl (C=O) groups is 2. The fraction of sp³-hybridized carbons (Fsp3) is 0.115. The first-order valence-corrected chi connectivity index (χ1v) is 12.9. The number of benzene rings is 3. The van der Waals surface area contributed by atoms with Gasteiger partial charge in [0.2, 0.25) is 10.0 Å². The van der Waals surface area contributed by atoms with Crippen LogP contribution in [-0.4, -0.2) is 31.0 Å². The fourth-order valence-corrected chi connectivity index (χ4v) is 4.50. The molecule has 1 aromatic heterocycles. The summed E-state index contributed by atoms with van der Waals surface area (Å²) in [6.45, 7) is 1.38. The highest BCUT2D eigenvalue weighted by Gasteiger charge is 2.26. The molecule has 1 amide bonds. The second kappa shape index (κ2) is 10.2. The number of primary sulfonamides is 1. The van der Waals surface area contributed by atoms with Crippen molar-refractivity contribution in [3.8, 4) is 11.1 Å². The average molecular weight is 540 g/mol. The molecule has 9 nitrogen and oxygen atoms in total. The van der Waals surface area contributed by atoms with E-state index in [0.29, 0.717) is 26.9 Å². The maximum absolute atomic E-state index is 13.4. The summed E-state index contributed by atoms with van der Waals surface area (Å²) in [5.41, 5.74) is 0.955. The van der Waals surface area contributed by atoms with E-state index in [4.69, 9.17) is 21.5 Å². The number of fused-ring (bicyclic) bond motifs is 1. The van der Waals surface area contributed by atoms with E-state index in [1.54, 1.807) is 48.5 Å². The second-order valence-electron chi connectivity index (χ2n) is 8.25. The lowest BCUT2D eigenvalue weighted by Gasteiger charge is -2.19. The first kappa shape index (κ1) is 26.1. The molecule has 0 fully saturated rings. The van der Waals surface area contributed by atoms with Gasteiger partial charge in [0.1, 0.15) is 5.69 Å². The summed E-state index contributed by atoms with van der Waals surface area (Å²) in [6, 6.07) is 18.9. The molecule has 0 saturated carbocycles. The van der Waals surface area contributed by atoms with Crippen LogP contribution in [0.5, 0.6) is 0 Å². The third kappa shape index (κ3) is 5.41. The summed E-state index contributed by atoms with van der Waals surface area (Å²) in [4.78, 5) is 39.0. The molecule has 0 radical (unpaired) electrons. The standard InChI is InChI=1S/C26H22ClN3O6S/c1-15(24(31)29-18-11-13-19(14-12-18)37(28,34)35)36-26(33)23-22(16-7-9-17(27)10-8-16)20-5-3-4-6-21(20)25(32)30(23)2/h3-15H,1-2H3,(H,29,31)(H2,28,34,35). The molecule has 0 aliphatic heterocycles. The molecule has 3 N–H and O–H groups in total. The van der Waals surface area contributed by atoms with Crippen molar-refractivity contribution in [2.75, 3.05) is 5.32 Å². The molecule has 4 rings (SSSR count). The third-order valence-electron chi connectivity index (χ3n) is 5.73. The number of nitrogens with two attached hydrogens (primary N) is 1. The Bertz CT molecular complexity index is 1680. The normalized spacial score (nSPS) is 12.2. The number of ether oxygens (including phenoxy) is 1. The quantitative estimate of drug-likeness (QED) is 0.358. The van der Waals surface area contributed by atoms with Gasteiger partial charge in [0.25, 0.3) is 11.5 Å². The minimum atomic E-state index is -3.88. The molecule has 1 heterocycles. The number of rotatable bonds is 6. The molecular formula is C26H22ClN3O6S. The van der Waals surface area contributed by atoms with Gasteiger partial charge in [-0.05, 0) is 60.3 Å². The predicted octanol–water partition coefficient (Wildman–Crippen LogP) is 3.69. The maximum Gasteiger partial charge on any atom is 0.356 e. The lowest BCUT2D eigenvalue weighted by atomic mass is 9.96. The topological polar surface area (TPSA) is 138 Å². The number of sulfonamides is 1. The number of amides is 1. The van der Waals surface area contributed by atoms with Gasteiger partial charge < -0.3 is 14.6 Å². The first-order chi connectivity index (χ1) is 17.5. The minimum absolute atomic E-state index is 0.0248. The monoisotopic (exact) mass is 539 g/mol. The molecule has 0 aliphatic carbocycles. The molecule has 1 atom stereocenters. The second-order valence-corrected chi connectivity index (χ2v) is 10.2.